The zero-order chi connectivity index (χ0) is 13.1. The molecule has 4 nitrogen and oxygen atoms in total. The molecule has 94 valence electrons. The van der Waals surface area contributed by atoms with Crippen LogP contribution in [-0.4, -0.2) is 16.1 Å². The molecule has 0 bridgehead atoms. The fourth-order valence-corrected chi connectivity index (χ4v) is 1.85. The van der Waals surface area contributed by atoms with Gasteiger partial charge in [0.15, 0.2) is 0 Å². The number of amides is 1. The van der Waals surface area contributed by atoms with Crippen molar-refractivity contribution in [3.63, 3.8) is 0 Å². The van der Waals surface area contributed by atoms with Gasteiger partial charge in [-0.2, -0.15) is 5.10 Å². The Labute approximate surface area is 112 Å². The van der Waals surface area contributed by atoms with Crippen molar-refractivity contribution in [2.24, 2.45) is 0 Å². The Hall–Kier alpha value is -1.69. The molecule has 0 saturated heterocycles. The Kier molecular flexibility index (Phi) is 3.76. The van der Waals surface area contributed by atoms with Crippen LogP contribution in [0.4, 0.5) is 4.39 Å². The fourth-order valence-electron chi connectivity index (χ4n) is 1.47. The minimum Gasteiger partial charge on any atom is -0.348 e. The number of aromatic nitrogens is 2. The number of halogens is 2. The Balaban J connectivity index is 2.04. The summed E-state index contributed by atoms with van der Waals surface area (Å²) in [6.07, 6.45) is 1.66. The zero-order valence-corrected chi connectivity index (χ0v) is 11.2. The van der Waals surface area contributed by atoms with Gasteiger partial charge in [-0.3, -0.25) is 9.89 Å². The normalized spacial score (nSPS) is 10.4. The van der Waals surface area contributed by atoms with E-state index in [-0.39, 0.29) is 10.4 Å². The van der Waals surface area contributed by atoms with Gasteiger partial charge in [-0.1, -0.05) is 0 Å². The first-order valence-electron chi connectivity index (χ1n) is 5.30. The first-order valence-corrected chi connectivity index (χ1v) is 6.09. The quantitative estimate of drug-likeness (QED) is 0.915. The summed E-state index contributed by atoms with van der Waals surface area (Å²) < 4.78 is 13.3. The molecule has 0 spiro atoms. The van der Waals surface area contributed by atoms with Crippen molar-refractivity contribution >= 4 is 21.8 Å². The average molecular weight is 312 g/mol. The van der Waals surface area contributed by atoms with Gasteiger partial charge in [-0.15, -0.1) is 0 Å². The van der Waals surface area contributed by atoms with E-state index in [0.29, 0.717) is 12.1 Å². The largest absolute Gasteiger partial charge is 0.348 e. The van der Waals surface area contributed by atoms with Gasteiger partial charge < -0.3 is 5.32 Å². The number of carbonyl (C=O) groups is 1. The summed E-state index contributed by atoms with van der Waals surface area (Å²) in [5.74, 6) is -0.645. The average Bonchev–Trinajstić information content (AvgIpc) is 2.75. The zero-order valence-electron chi connectivity index (χ0n) is 9.63. The number of rotatable bonds is 3. The van der Waals surface area contributed by atoms with E-state index in [9.17, 15) is 9.18 Å². The molecule has 2 aromatic rings. The van der Waals surface area contributed by atoms with E-state index >= 15 is 0 Å². The van der Waals surface area contributed by atoms with E-state index in [1.807, 2.05) is 6.92 Å². The summed E-state index contributed by atoms with van der Waals surface area (Å²) in [7, 11) is 0. The van der Waals surface area contributed by atoms with E-state index < -0.39 is 5.82 Å². The summed E-state index contributed by atoms with van der Waals surface area (Å²) in [5, 5.41) is 9.40. The highest BCUT2D eigenvalue weighted by molar-refractivity contribution is 9.10. The third-order valence-electron chi connectivity index (χ3n) is 2.56. The third kappa shape index (κ3) is 2.76. The van der Waals surface area contributed by atoms with Gasteiger partial charge >= 0.3 is 0 Å². The van der Waals surface area contributed by atoms with Crippen molar-refractivity contribution in [2.45, 2.75) is 13.5 Å². The Morgan fingerprint density at radius 1 is 1.56 bits per heavy atom. The van der Waals surface area contributed by atoms with Crippen LogP contribution < -0.4 is 5.32 Å². The molecule has 0 radical (unpaired) electrons. The standard InChI is InChI=1S/C12H11BrFN3O/c1-7-9(6-16-17-7)5-15-12(18)8-2-3-11(14)10(13)4-8/h2-4,6H,5H2,1H3,(H,15,18)(H,16,17). The number of hydrogen-bond donors (Lipinski definition) is 2. The van der Waals surface area contributed by atoms with Crippen LogP contribution in [0.25, 0.3) is 0 Å². The molecule has 18 heavy (non-hydrogen) atoms. The molecule has 6 heteroatoms. The van der Waals surface area contributed by atoms with Gasteiger partial charge in [0, 0.05) is 23.4 Å². The van der Waals surface area contributed by atoms with Crippen LogP contribution in [0, 0.1) is 12.7 Å². The maximum absolute atomic E-state index is 13.0. The monoisotopic (exact) mass is 311 g/mol. The molecule has 1 aromatic heterocycles. The van der Waals surface area contributed by atoms with Crippen LogP contribution in [0.5, 0.6) is 0 Å². The molecule has 2 N–H and O–H groups in total. The summed E-state index contributed by atoms with van der Waals surface area (Å²) in [5.41, 5.74) is 2.24. The topological polar surface area (TPSA) is 57.8 Å². The lowest BCUT2D eigenvalue weighted by atomic mass is 10.2. The maximum Gasteiger partial charge on any atom is 0.251 e. The van der Waals surface area contributed by atoms with Crippen molar-refractivity contribution in [2.75, 3.05) is 0 Å². The fraction of sp³-hybridized carbons (Fsp3) is 0.167. The van der Waals surface area contributed by atoms with E-state index in [4.69, 9.17) is 0 Å². The molecular weight excluding hydrogens is 301 g/mol. The molecule has 1 amide bonds. The summed E-state index contributed by atoms with van der Waals surface area (Å²) in [6.45, 7) is 2.26. The van der Waals surface area contributed by atoms with Crippen molar-refractivity contribution in [1.29, 1.82) is 0 Å². The second-order valence-electron chi connectivity index (χ2n) is 3.83. The molecule has 2 rings (SSSR count). The first-order chi connectivity index (χ1) is 8.58. The number of nitrogens with one attached hydrogen (secondary N) is 2. The van der Waals surface area contributed by atoms with Crippen LogP contribution in [-0.2, 0) is 6.54 Å². The van der Waals surface area contributed by atoms with Gasteiger partial charge in [0.05, 0.1) is 10.7 Å². The first kappa shape index (κ1) is 12.8. The third-order valence-corrected chi connectivity index (χ3v) is 3.16. The summed E-state index contributed by atoms with van der Waals surface area (Å²) in [4.78, 5) is 11.8. The van der Waals surface area contributed by atoms with E-state index in [2.05, 4.69) is 31.4 Å². The lowest BCUT2D eigenvalue weighted by molar-refractivity contribution is 0.0951. The van der Waals surface area contributed by atoms with Crippen LogP contribution in [0.2, 0.25) is 0 Å². The lowest BCUT2D eigenvalue weighted by Gasteiger charge is -2.05. The van der Waals surface area contributed by atoms with E-state index in [1.54, 1.807) is 6.20 Å². The lowest BCUT2D eigenvalue weighted by Crippen LogP contribution is -2.23. The highest BCUT2D eigenvalue weighted by Crippen LogP contribution is 2.16. The van der Waals surface area contributed by atoms with Crippen LogP contribution in [0.1, 0.15) is 21.6 Å². The molecule has 0 aliphatic rings. The van der Waals surface area contributed by atoms with Crippen LogP contribution >= 0.6 is 15.9 Å². The Morgan fingerprint density at radius 2 is 2.33 bits per heavy atom. The SMILES string of the molecule is Cc1[nH]ncc1CNC(=O)c1ccc(F)c(Br)c1. The van der Waals surface area contributed by atoms with Gasteiger partial charge in [0.2, 0.25) is 0 Å². The molecule has 0 aliphatic heterocycles. The number of aryl methyl sites for hydroxylation is 1. The molecule has 0 unspecified atom stereocenters. The molecule has 1 heterocycles. The highest BCUT2D eigenvalue weighted by Gasteiger charge is 2.09. The highest BCUT2D eigenvalue weighted by atomic mass is 79.9. The van der Waals surface area contributed by atoms with Crippen molar-refractivity contribution in [3.05, 3.63) is 51.5 Å². The second kappa shape index (κ2) is 5.30. The van der Waals surface area contributed by atoms with Gasteiger partial charge in [0.25, 0.3) is 5.91 Å². The van der Waals surface area contributed by atoms with Crippen molar-refractivity contribution in [3.8, 4) is 0 Å². The predicted octanol–water partition coefficient (Wildman–Crippen LogP) is 2.55. The number of aromatic amines is 1. The second-order valence-corrected chi connectivity index (χ2v) is 4.69. The number of benzene rings is 1. The number of hydrogen-bond acceptors (Lipinski definition) is 2. The molecule has 0 atom stereocenters. The predicted molar refractivity (Wildman–Crippen MR) is 68.6 cm³/mol. The molecule has 0 aliphatic carbocycles. The molecule has 0 saturated carbocycles. The van der Waals surface area contributed by atoms with Crippen LogP contribution in [0.15, 0.2) is 28.9 Å². The maximum atomic E-state index is 13.0. The number of H-pyrrole nitrogens is 1. The van der Waals surface area contributed by atoms with Crippen molar-refractivity contribution in [1.82, 2.24) is 15.5 Å². The van der Waals surface area contributed by atoms with Gasteiger partial charge in [0.1, 0.15) is 5.82 Å². The number of carbonyl (C=O) groups excluding carboxylic acids is 1. The summed E-state index contributed by atoms with van der Waals surface area (Å²) >= 11 is 3.05. The summed E-state index contributed by atoms with van der Waals surface area (Å²) in [6, 6.07) is 4.15. The van der Waals surface area contributed by atoms with E-state index in [0.717, 1.165) is 11.3 Å². The van der Waals surface area contributed by atoms with Crippen molar-refractivity contribution < 1.29 is 9.18 Å². The minimum atomic E-state index is -0.391. The number of nitrogens with zero attached hydrogens (tertiary/aromatic N) is 1. The smallest absolute Gasteiger partial charge is 0.251 e. The Bertz CT molecular complexity index is 582. The molecular formula is C12H11BrFN3O. The molecule has 1 aromatic carbocycles. The molecule has 0 fully saturated rings. The van der Waals surface area contributed by atoms with Gasteiger partial charge in [-0.25, -0.2) is 4.39 Å². The van der Waals surface area contributed by atoms with E-state index in [1.165, 1.54) is 18.2 Å². The van der Waals surface area contributed by atoms with Crippen LogP contribution in [0.3, 0.4) is 0 Å². The van der Waals surface area contributed by atoms with Gasteiger partial charge in [-0.05, 0) is 41.1 Å². The minimum absolute atomic E-state index is 0.253. The Morgan fingerprint density at radius 3 is 2.94 bits per heavy atom.